The molecule has 1 aliphatic rings. The molecule has 5 aromatic rings. The SMILES string of the molecule is CCCc1c(Cc2ccccc2)sc(-c2ccoc2-c2c(-c3ccc4c(c3)OCO4)[c]ccc2OC)c1C. The first-order valence-corrected chi connectivity index (χ1v) is 13.7. The van der Waals surface area contributed by atoms with E-state index in [-0.39, 0.29) is 6.79 Å². The van der Waals surface area contributed by atoms with Crippen LogP contribution in [0, 0.1) is 13.0 Å². The van der Waals surface area contributed by atoms with Crippen molar-refractivity contribution in [1.82, 2.24) is 0 Å². The molecule has 0 N–H and O–H groups in total. The van der Waals surface area contributed by atoms with Gasteiger partial charge in [-0.2, -0.15) is 0 Å². The molecule has 0 saturated heterocycles. The van der Waals surface area contributed by atoms with Crippen molar-refractivity contribution in [2.45, 2.75) is 33.1 Å². The van der Waals surface area contributed by atoms with Crippen LogP contribution in [0.5, 0.6) is 17.2 Å². The molecule has 191 valence electrons. The van der Waals surface area contributed by atoms with Crippen molar-refractivity contribution in [2.24, 2.45) is 0 Å². The molecule has 0 atom stereocenters. The van der Waals surface area contributed by atoms with E-state index < -0.39 is 0 Å². The quantitative estimate of drug-likeness (QED) is 0.205. The Hall–Kier alpha value is -3.96. The summed E-state index contributed by atoms with van der Waals surface area (Å²) in [6.07, 6.45) is 4.87. The predicted molar refractivity (Wildman–Crippen MR) is 152 cm³/mol. The van der Waals surface area contributed by atoms with Gasteiger partial charge in [0, 0.05) is 27.3 Å². The average Bonchev–Trinajstić information content (AvgIpc) is 3.69. The first kappa shape index (κ1) is 24.4. The number of hydrogen-bond donors (Lipinski definition) is 0. The number of hydrogen-bond acceptors (Lipinski definition) is 5. The summed E-state index contributed by atoms with van der Waals surface area (Å²) >= 11 is 1.87. The average molecular weight is 522 g/mol. The summed E-state index contributed by atoms with van der Waals surface area (Å²) in [6, 6.07) is 26.0. The summed E-state index contributed by atoms with van der Waals surface area (Å²) in [5, 5.41) is 0. The zero-order valence-corrected chi connectivity index (χ0v) is 22.6. The summed E-state index contributed by atoms with van der Waals surface area (Å²) in [7, 11) is 1.69. The van der Waals surface area contributed by atoms with E-state index in [1.165, 1.54) is 26.4 Å². The first-order valence-electron chi connectivity index (χ1n) is 12.9. The molecule has 4 nitrogen and oxygen atoms in total. The van der Waals surface area contributed by atoms with E-state index in [0.29, 0.717) is 0 Å². The molecule has 3 aromatic carbocycles. The summed E-state index contributed by atoms with van der Waals surface area (Å²) in [4.78, 5) is 2.66. The Bertz CT molecular complexity index is 1580. The van der Waals surface area contributed by atoms with Gasteiger partial charge in [0.2, 0.25) is 6.79 Å². The van der Waals surface area contributed by atoms with Crippen molar-refractivity contribution >= 4 is 11.3 Å². The van der Waals surface area contributed by atoms with E-state index >= 15 is 0 Å². The number of benzene rings is 3. The zero-order chi connectivity index (χ0) is 26.1. The number of rotatable bonds is 8. The Labute approximate surface area is 227 Å². The molecular weight excluding hydrogens is 492 g/mol. The lowest BCUT2D eigenvalue weighted by Crippen LogP contribution is -1.94. The first-order chi connectivity index (χ1) is 18.7. The van der Waals surface area contributed by atoms with Gasteiger partial charge in [0.1, 0.15) is 11.5 Å². The van der Waals surface area contributed by atoms with E-state index in [9.17, 15) is 0 Å². The van der Waals surface area contributed by atoms with Crippen LogP contribution in [-0.2, 0) is 12.8 Å². The standard InChI is InChI=1S/C33H29O4S/c1-4-9-24-21(2)33(38-30(24)18-22-10-6-5-7-11-22)26-16-17-35-32(26)31-25(12-8-13-28(31)34-3)23-14-15-27-29(19-23)37-20-36-27/h5-8,10-11,13-17,19H,4,9,18,20H2,1-3H3. The molecule has 0 unspecified atom stereocenters. The van der Waals surface area contributed by atoms with E-state index in [1.54, 1.807) is 13.4 Å². The number of ether oxygens (including phenoxy) is 3. The second-order valence-corrected chi connectivity index (χ2v) is 10.5. The lowest BCUT2D eigenvalue weighted by molar-refractivity contribution is 0.174. The maximum Gasteiger partial charge on any atom is 0.231 e. The minimum Gasteiger partial charge on any atom is -0.496 e. The number of thiophene rings is 1. The highest BCUT2D eigenvalue weighted by Crippen LogP contribution is 2.48. The normalized spacial score (nSPS) is 12.2. The van der Waals surface area contributed by atoms with Gasteiger partial charge >= 0.3 is 0 Å². The highest BCUT2D eigenvalue weighted by molar-refractivity contribution is 7.16. The van der Waals surface area contributed by atoms with Gasteiger partial charge in [-0.1, -0.05) is 55.8 Å². The van der Waals surface area contributed by atoms with Crippen molar-refractivity contribution in [3.8, 4) is 50.1 Å². The molecule has 0 amide bonds. The molecule has 38 heavy (non-hydrogen) atoms. The third-order valence-electron chi connectivity index (χ3n) is 7.04. The largest absolute Gasteiger partial charge is 0.496 e. The van der Waals surface area contributed by atoms with Gasteiger partial charge in [-0.3, -0.25) is 0 Å². The summed E-state index contributed by atoms with van der Waals surface area (Å²) in [5.74, 6) is 3.00. The van der Waals surface area contributed by atoms with E-state index in [1.807, 2.05) is 41.7 Å². The molecule has 2 aromatic heterocycles. The Balaban J connectivity index is 1.49. The summed E-state index contributed by atoms with van der Waals surface area (Å²) < 4.78 is 23.3. The van der Waals surface area contributed by atoms with Crippen LogP contribution in [-0.4, -0.2) is 13.9 Å². The van der Waals surface area contributed by atoms with E-state index in [0.717, 1.165) is 64.5 Å². The van der Waals surface area contributed by atoms with E-state index in [2.05, 4.69) is 56.3 Å². The third kappa shape index (κ3) is 4.37. The Morgan fingerprint density at radius 3 is 2.66 bits per heavy atom. The molecule has 0 spiro atoms. The van der Waals surface area contributed by atoms with Gasteiger partial charge in [0.25, 0.3) is 0 Å². The fraction of sp³-hybridized carbons (Fsp3) is 0.212. The van der Waals surface area contributed by atoms with Gasteiger partial charge in [-0.25, -0.2) is 0 Å². The fourth-order valence-corrected chi connectivity index (χ4v) is 6.61. The van der Waals surface area contributed by atoms with Crippen molar-refractivity contribution in [1.29, 1.82) is 0 Å². The van der Waals surface area contributed by atoms with E-state index in [4.69, 9.17) is 18.6 Å². The summed E-state index contributed by atoms with van der Waals surface area (Å²) in [5.41, 5.74) is 7.91. The maximum atomic E-state index is 6.24. The molecule has 5 heteroatoms. The highest BCUT2D eigenvalue weighted by Gasteiger charge is 2.25. The second kappa shape index (κ2) is 10.4. The van der Waals surface area contributed by atoms with Crippen LogP contribution < -0.4 is 14.2 Å². The van der Waals surface area contributed by atoms with Crippen LogP contribution in [0.15, 0.2) is 77.4 Å². The molecule has 0 bridgehead atoms. The fourth-order valence-electron chi connectivity index (χ4n) is 5.20. The Morgan fingerprint density at radius 1 is 1.00 bits per heavy atom. The molecular formula is C33H29O4S. The number of furan rings is 1. The van der Waals surface area contributed by atoms with Crippen molar-refractivity contribution in [3.05, 3.63) is 101 Å². The van der Waals surface area contributed by atoms with Gasteiger partial charge < -0.3 is 18.6 Å². The van der Waals surface area contributed by atoms with Gasteiger partial charge in [-0.05, 0) is 65.9 Å². The molecule has 3 heterocycles. The molecule has 1 aliphatic heterocycles. The molecule has 0 aliphatic carbocycles. The predicted octanol–water partition coefficient (Wildman–Crippen LogP) is 8.73. The Kier molecular flexibility index (Phi) is 6.69. The molecule has 1 radical (unpaired) electrons. The topological polar surface area (TPSA) is 40.8 Å². The minimum atomic E-state index is 0.235. The van der Waals surface area contributed by atoms with Crippen molar-refractivity contribution < 1.29 is 18.6 Å². The number of methoxy groups -OCH3 is 1. The minimum absolute atomic E-state index is 0.235. The van der Waals surface area contributed by atoms with Gasteiger partial charge in [0.05, 0.1) is 18.9 Å². The molecule has 0 saturated carbocycles. The van der Waals surface area contributed by atoms with Crippen LogP contribution >= 0.6 is 11.3 Å². The monoisotopic (exact) mass is 521 g/mol. The highest BCUT2D eigenvalue weighted by atomic mass is 32.1. The van der Waals surface area contributed by atoms with Crippen molar-refractivity contribution in [3.63, 3.8) is 0 Å². The zero-order valence-electron chi connectivity index (χ0n) is 21.8. The van der Waals surface area contributed by atoms with Gasteiger partial charge in [0.15, 0.2) is 11.5 Å². The smallest absolute Gasteiger partial charge is 0.231 e. The maximum absolute atomic E-state index is 6.24. The van der Waals surface area contributed by atoms with Crippen LogP contribution in [0.2, 0.25) is 0 Å². The van der Waals surface area contributed by atoms with Gasteiger partial charge in [-0.15, -0.1) is 11.3 Å². The van der Waals surface area contributed by atoms with Crippen LogP contribution in [0.4, 0.5) is 0 Å². The molecule has 0 fully saturated rings. The summed E-state index contributed by atoms with van der Waals surface area (Å²) in [6.45, 7) is 4.72. The van der Waals surface area contributed by atoms with Crippen LogP contribution in [0.3, 0.4) is 0 Å². The van der Waals surface area contributed by atoms with Crippen LogP contribution in [0.25, 0.3) is 32.9 Å². The third-order valence-corrected chi connectivity index (χ3v) is 8.41. The second-order valence-electron chi connectivity index (χ2n) is 9.40. The lowest BCUT2D eigenvalue weighted by atomic mass is 9.93. The van der Waals surface area contributed by atoms with Crippen LogP contribution in [0.1, 0.15) is 34.9 Å². The molecule has 6 rings (SSSR count). The van der Waals surface area contributed by atoms with Crippen molar-refractivity contribution in [2.75, 3.05) is 13.9 Å². The number of fused-ring (bicyclic) bond motifs is 1. The Morgan fingerprint density at radius 2 is 1.84 bits per heavy atom. The lowest BCUT2D eigenvalue weighted by Gasteiger charge is -2.14.